The second-order valence-corrected chi connectivity index (χ2v) is 17.5. The van der Waals surface area contributed by atoms with Gasteiger partial charge in [-0.15, -0.1) is 0 Å². The van der Waals surface area contributed by atoms with Crippen LogP contribution in [0, 0.1) is 13.8 Å². The van der Waals surface area contributed by atoms with Crippen LogP contribution in [0.15, 0.2) is 97.1 Å². The summed E-state index contributed by atoms with van der Waals surface area (Å²) in [6.45, 7) is 19.1. The standard InChI is InChI=1S/C28H33.C13H10.Zr/c1-17-18(2)26(28(6,7)8)25(19-11-9-10-12-19)23-16-20-15-21(27(3,4)5)13-14-22(20)24(17)23;1-3-7-12(8-4-1)11-13-9-5-2-6-10-13;/h9-11,13-16H,12H2,1-8H3;1-10H;. The maximum atomic E-state index is 2.59. The van der Waals surface area contributed by atoms with E-state index in [2.05, 4.69) is 152 Å². The van der Waals surface area contributed by atoms with Crippen LogP contribution in [-0.4, -0.2) is 3.21 Å². The van der Waals surface area contributed by atoms with Crippen LogP contribution in [0.25, 0.3) is 16.7 Å². The second-order valence-electron chi connectivity index (χ2n) is 14.1. The fraction of sp³-hybridized carbons (Fsp3) is 0.293. The van der Waals surface area contributed by atoms with Crippen molar-refractivity contribution < 1.29 is 22.8 Å². The third-order valence-electron chi connectivity index (χ3n) is 9.14. The zero-order valence-electron chi connectivity index (χ0n) is 26.5. The Morgan fingerprint density at radius 2 is 1.33 bits per heavy atom. The second kappa shape index (κ2) is 11.0. The molecule has 0 saturated carbocycles. The molecule has 1 heteroatoms. The molecule has 0 bridgehead atoms. The van der Waals surface area contributed by atoms with Crippen LogP contribution in [0.5, 0.6) is 0 Å². The van der Waals surface area contributed by atoms with Crippen LogP contribution in [0.4, 0.5) is 0 Å². The van der Waals surface area contributed by atoms with E-state index in [0.717, 1.165) is 6.42 Å². The average Bonchev–Trinajstić information content (AvgIpc) is 3.60. The van der Waals surface area contributed by atoms with Crippen molar-refractivity contribution >= 4 is 8.78 Å². The van der Waals surface area contributed by atoms with E-state index in [-0.39, 0.29) is 10.8 Å². The molecule has 6 rings (SSSR count). The molecule has 0 fully saturated rings. The molecule has 0 saturated heterocycles. The summed E-state index contributed by atoms with van der Waals surface area (Å²) < 4.78 is 2.03. The molecule has 4 aromatic carbocycles. The Morgan fingerprint density at radius 3 is 1.86 bits per heavy atom. The summed E-state index contributed by atoms with van der Waals surface area (Å²) in [4.78, 5) is 0. The summed E-state index contributed by atoms with van der Waals surface area (Å²) in [6, 6.07) is 29.9. The molecule has 0 radical (unpaired) electrons. The van der Waals surface area contributed by atoms with Crippen LogP contribution in [0.2, 0.25) is 0 Å². The van der Waals surface area contributed by atoms with Crippen molar-refractivity contribution in [3.8, 4) is 11.1 Å². The van der Waals surface area contributed by atoms with E-state index in [1.54, 1.807) is 25.5 Å². The van der Waals surface area contributed by atoms with Crippen LogP contribution in [-0.2, 0) is 33.6 Å². The van der Waals surface area contributed by atoms with Gasteiger partial charge >= 0.3 is 266 Å². The SMILES string of the molecule is Cc1c(C)c(C(C)(C)C)c(C2=CC=CC2)c2c1-c1ccc(C(C)(C)C)cc1[CH]2[Zr]=[C](c1ccccc1)c1ccccc1. The number of fused-ring (bicyclic) bond motifs is 3. The van der Waals surface area contributed by atoms with Gasteiger partial charge in [0.15, 0.2) is 0 Å². The van der Waals surface area contributed by atoms with Crippen LogP contribution in [0.3, 0.4) is 0 Å². The Hall–Kier alpha value is -2.89. The zero-order chi connectivity index (χ0) is 29.8. The van der Waals surface area contributed by atoms with Crippen molar-refractivity contribution in [3.05, 3.63) is 147 Å². The van der Waals surface area contributed by atoms with Gasteiger partial charge in [0.2, 0.25) is 0 Å². The van der Waals surface area contributed by atoms with Gasteiger partial charge in [0.1, 0.15) is 0 Å². The molecule has 0 aromatic heterocycles. The van der Waals surface area contributed by atoms with Gasteiger partial charge in [-0.25, -0.2) is 0 Å². The van der Waals surface area contributed by atoms with Crippen molar-refractivity contribution in [3.63, 3.8) is 0 Å². The first-order valence-electron chi connectivity index (χ1n) is 15.4. The van der Waals surface area contributed by atoms with Gasteiger partial charge < -0.3 is 0 Å². The minimum atomic E-state index is -1.24. The quantitative estimate of drug-likeness (QED) is 0.211. The maximum absolute atomic E-state index is 2.59. The Kier molecular flexibility index (Phi) is 7.64. The molecular weight excluding hydrogens is 584 g/mol. The first-order valence-corrected chi connectivity index (χ1v) is 18.0. The topological polar surface area (TPSA) is 0 Å². The van der Waals surface area contributed by atoms with E-state index in [4.69, 9.17) is 0 Å². The molecule has 2 aliphatic rings. The van der Waals surface area contributed by atoms with E-state index in [0.29, 0.717) is 3.63 Å². The molecule has 0 N–H and O–H groups in total. The normalized spacial score (nSPS) is 15.7. The molecule has 211 valence electrons. The first kappa shape index (κ1) is 29.2. The van der Waals surface area contributed by atoms with Gasteiger partial charge in [-0.2, -0.15) is 0 Å². The van der Waals surface area contributed by atoms with Crippen molar-refractivity contribution in [2.45, 2.75) is 76.3 Å². The van der Waals surface area contributed by atoms with E-state index in [9.17, 15) is 0 Å². The van der Waals surface area contributed by atoms with Crippen molar-refractivity contribution in [1.29, 1.82) is 0 Å². The fourth-order valence-electron chi connectivity index (χ4n) is 7.05. The number of benzene rings is 4. The molecule has 4 aromatic rings. The molecule has 0 nitrogen and oxygen atoms in total. The van der Waals surface area contributed by atoms with Gasteiger partial charge in [-0.05, 0) is 0 Å². The zero-order valence-corrected chi connectivity index (χ0v) is 29.0. The average molecular weight is 627 g/mol. The van der Waals surface area contributed by atoms with Crippen LogP contribution < -0.4 is 0 Å². The number of allylic oxidation sites excluding steroid dienone is 4. The molecule has 0 spiro atoms. The van der Waals surface area contributed by atoms with Gasteiger partial charge in [-0.1, -0.05) is 0 Å². The predicted molar refractivity (Wildman–Crippen MR) is 178 cm³/mol. The van der Waals surface area contributed by atoms with E-state index in [1.807, 2.05) is 0 Å². The van der Waals surface area contributed by atoms with Crippen molar-refractivity contribution in [1.82, 2.24) is 0 Å². The molecule has 1 atom stereocenters. The summed E-state index contributed by atoms with van der Waals surface area (Å²) in [7, 11) is 0. The van der Waals surface area contributed by atoms with Crippen molar-refractivity contribution in [2.75, 3.05) is 0 Å². The summed E-state index contributed by atoms with van der Waals surface area (Å²) in [6.07, 6.45) is 8.02. The third kappa shape index (κ3) is 5.13. The summed E-state index contributed by atoms with van der Waals surface area (Å²) in [5.74, 6) is 0. The summed E-state index contributed by atoms with van der Waals surface area (Å²) in [5, 5.41) is 0. The first-order chi connectivity index (χ1) is 20.0. The Balaban J connectivity index is 1.75. The van der Waals surface area contributed by atoms with Gasteiger partial charge in [0, 0.05) is 0 Å². The third-order valence-corrected chi connectivity index (χ3v) is 13.5. The monoisotopic (exact) mass is 625 g/mol. The predicted octanol–water partition coefficient (Wildman–Crippen LogP) is 10.7. The molecule has 0 amide bonds. The van der Waals surface area contributed by atoms with Gasteiger partial charge in [0.05, 0.1) is 0 Å². The molecule has 1 unspecified atom stereocenters. The molecule has 0 aliphatic heterocycles. The Bertz CT molecular complexity index is 1710. The molecule has 2 aliphatic carbocycles. The number of hydrogen-bond acceptors (Lipinski definition) is 0. The summed E-state index contributed by atoms with van der Waals surface area (Å²) >= 11 is -1.24. The molecule has 0 heterocycles. The van der Waals surface area contributed by atoms with Gasteiger partial charge in [-0.3, -0.25) is 0 Å². The number of hydrogen-bond donors (Lipinski definition) is 0. The van der Waals surface area contributed by atoms with Crippen LogP contribution in [0.1, 0.15) is 102 Å². The molecule has 42 heavy (non-hydrogen) atoms. The van der Waals surface area contributed by atoms with E-state index in [1.165, 1.54) is 44.5 Å². The Morgan fingerprint density at radius 1 is 0.714 bits per heavy atom. The fourth-order valence-corrected chi connectivity index (χ4v) is 11.4. The Labute approximate surface area is 264 Å². The minimum absolute atomic E-state index is 0.0506. The van der Waals surface area contributed by atoms with Gasteiger partial charge in [0.25, 0.3) is 0 Å². The molecular formula is C41H43Zr. The van der Waals surface area contributed by atoms with Crippen LogP contribution >= 0.6 is 0 Å². The van der Waals surface area contributed by atoms with E-state index >= 15 is 0 Å². The number of rotatable bonds is 4. The van der Waals surface area contributed by atoms with E-state index < -0.39 is 22.8 Å². The summed E-state index contributed by atoms with van der Waals surface area (Å²) in [5.41, 5.74) is 18.1. The van der Waals surface area contributed by atoms with Crippen molar-refractivity contribution in [2.24, 2.45) is 0 Å².